The van der Waals surface area contributed by atoms with E-state index >= 15 is 0 Å². The Kier molecular flexibility index (Phi) is 3.71. The Morgan fingerprint density at radius 2 is 1.47 bits per heavy atom. The van der Waals surface area contributed by atoms with Crippen LogP contribution in [0.15, 0.2) is 17.0 Å². The van der Waals surface area contributed by atoms with Crippen LogP contribution >= 0.6 is 11.8 Å². The molecule has 0 bridgehead atoms. The summed E-state index contributed by atoms with van der Waals surface area (Å²) in [6, 6.07) is 1.62. The molecular weight excluding hydrogens is 266 g/mol. The first-order valence-corrected chi connectivity index (χ1v) is 5.63. The number of benzene rings is 1. The zero-order chi connectivity index (χ0) is 13.4. The molecule has 0 aliphatic carbocycles. The smallest absolute Gasteiger partial charge is 0.166 e. The second-order valence-corrected chi connectivity index (χ2v) is 4.23. The largest absolute Gasteiger partial charge is 0.418 e. The lowest BCUT2D eigenvalue weighted by atomic mass is 10.0. The van der Waals surface area contributed by atoms with Gasteiger partial charge in [-0.05, 0) is 30.9 Å². The van der Waals surface area contributed by atoms with Gasteiger partial charge in [0.2, 0.25) is 0 Å². The average molecular weight is 274 g/mol. The van der Waals surface area contributed by atoms with Gasteiger partial charge in [0.1, 0.15) is 0 Å². The topological polar surface area (TPSA) is 0 Å². The van der Waals surface area contributed by atoms with E-state index in [1.807, 2.05) is 0 Å². The van der Waals surface area contributed by atoms with Gasteiger partial charge in [-0.1, -0.05) is 0 Å². The molecule has 1 aromatic carbocycles. The van der Waals surface area contributed by atoms with E-state index in [0.29, 0.717) is 17.8 Å². The van der Waals surface area contributed by atoms with Crippen LogP contribution in [0.2, 0.25) is 0 Å². The number of hydrogen-bond acceptors (Lipinski definition) is 1. The molecule has 0 saturated heterocycles. The highest BCUT2D eigenvalue weighted by molar-refractivity contribution is 7.98. The van der Waals surface area contributed by atoms with Crippen molar-refractivity contribution in [2.45, 2.75) is 24.2 Å². The first-order valence-electron chi connectivity index (χ1n) is 4.40. The van der Waals surface area contributed by atoms with Crippen molar-refractivity contribution in [2.24, 2.45) is 0 Å². The van der Waals surface area contributed by atoms with Crippen LogP contribution in [-0.4, -0.2) is 6.26 Å². The average Bonchev–Trinajstić information content (AvgIpc) is 2.12. The summed E-state index contributed by atoms with van der Waals surface area (Å²) >= 11 is 0.647. The van der Waals surface area contributed by atoms with Crippen LogP contribution in [0.25, 0.3) is 0 Å². The minimum atomic E-state index is -5.02. The van der Waals surface area contributed by atoms with Crippen LogP contribution < -0.4 is 0 Å². The van der Waals surface area contributed by atoms with Crippen molar-refractivity contribution >= 4 is 11.8 Å². The molecule has 0 amide bonds. The highest BCUT2D eigenvalue weighted by Crippen LogP contribution is 2.44. The van der Waals surface area contributed by atoms with Crippen molar-refractivity contribution < 1.29 is 26.3 Å². The second kappa shape index (κ2) is 4.44. The summed E-state index contributed by atoms with van der Waals surface area (Å²) in [4.78, 5) is -0.412. The summed E-state index contributed by atoms with van der Waals surface area (Å²) in [6.07, 6.45) is -8.72. The van der Waals surface area contributed by atoms with Crippen molar-refractivity contribution in [3.63, 3.8) is 0 Å². The third kappa shape index (κ3) is 3.08. The molecule has 0 nitrogen and oxygen atoms in total. The van der Waals surface area contributed by atoms with Gasteiger partial charge < -0.3 is 0 Å². The molecule has 0 aliphatic heterocycles. The zero-order valence-electron chi connectivity index (χ0n) is 8.83. The van der Waals surface area contributed by atoms with E-state index in [1.165, 1.54) is 13.2 Å². The predicted molar refractivity (Wildman–Crippen MR) is 53.0 cm³/mol. The van der Waals surface area contributed by atoms with Gasteiger partial charge in [0, 0.05) is 4.90 Å². The van der Waals surface area contributed by atoms with Gasteiger partial charge in [-0.3, -0.25) is 0 Å². The van der Waals surface area contributed by atoms with Gasteiger partial charge >= 0.3 is 12.4 Å². The fourth-order valence-corrected chi connectivity index (χ4v) is 2.16. The second-order valence-electron chi connectivity index (χ2n) is 3.39. The predicted octanol–water partition coefficient (Wildman–Crippen LogP) is 4.75. The molecule has 7 heteroatoms. The molecule has 0 aromatic heterocycles. The normalized spacial score (nSPS) is 12.9. The van der Waals surface area contributed by atoms with Crippen LogP contribution in [0.1, 0.15) is 16.7 Å². The van der Waals surface area contributed by atoms with E-state index in [4.69, 9.17) is 0 Å². The number of rotatable bonds is 1. The van der Waals surface area contributed by atoms with Gasteiger partial charge in [0.05, 0.1) is 11.1 Å². The van der Waals surface area contributed by atoms with E-state index in [0.717, 1.165) is 6.07 Å². The number of hydrogen-bond donors (Lipinski definition) is 0. The van der Waals surface area contributed by atoms with Crippen LogP contribution in [-0.2, 0) is 12.4 Å². The van der Waals surface area contributed by atoms with E-state index in [1.54, 1.807) is 0 Å². The van der Waals surface area contributed by atoms with E-state index < -0.39 is 28.4 Å². The minimum Gasteiger partial charge on any atom is -0.166 e. The molecule has 17 heavy (non-hydrogen) atoms. The Balaban J connectivity index is 3.63. The molecule has 0 N–H and O–H groups in total. The lowest BCUT2D eigenvalue weighted by Crippen LogP contribution is -2.18. The Bertz CT molecular complexity index is 418. The SMILES string of the molecule is CSc1cc(C)cc(C(F)(F)F)c1C(F)(F)F. The third-order valence-electron chi connectivity index (χ3n) is 2.06. The van der Waals surface area contributed by atoms with Gasteiger partial charge in [0.15, 0.2) is 0 Å². The summed E-state index contributed by atoms with van der Waals surface area (Å²) < 4.78 is 75.6. The van der Waals surface area contributed by atoms with Gasteiger partial charge in [-0.2, -0.15) is 26.3 Å². The van der Waals surface area contributed by atoms with Crippen molar-refractivity contribution in [3.8, 4) is 0 Å². The van der Waals surface area contributed by atoms with Crippen LogP contribution in [0.5, 0.6) is 0 Å². The van der Waals surface area contributed by atoms with Crippen molar-refractivity contribution in [2.75, 3.05) is 6.26 Å². The number of thioether (sulfide) groups is 1. The first-order chi connectivity index (χ1) is 7.57. The quantitative estimate of drug-likeness (QED) is 0.526. The van der Waals surface area contributed by atoms with Crippen LogP contribution in [0, 0.1) is 6.92 Å². The molecule has 0 saturated carbocycles. The van der Waals surface area contributed by atoms with Gasteiger partial charge in [0.25, 0.3) is 0 Å². The molecule has 0 atom stereocenters. The Morgan fingerprint density at radius 3 is 1.82 bits per heavy atom. The maximum absolute atomic E-state index is 12.6. The third-order valence-corrected chi connectivity index (χ3v) is 2.82. The number of alkyl halides is 6. The molecule has 0 spiro atoms. The number of aryl methyl sites for hydroxylation is 1. The molecule has 0 heterocycles. The Morgan fingerprint density at radius 1 is 0.941 bits per heavy atom. The maximum Gasteiger partial charge on any atom is 0.418 e. The molecule has 0 fully saturated rings. The minimum absolute atomic E-state index is 0.148. The molecule has 1 aromatic rings. The highest BCUT2D eigenvalue weighted by atomic mass is 32.2. The van der Waals surface area contributed by atoms with Crippen molar-refractivity contribution in [1.82, 2.24) is 0 Å². The Labute approximate surface area is 98.0 Å². The fourth-order valence-electron chi connectivity index (χ4n) is 1.43. The number of halogens is 6. The fraction of sp³-hybridized carbons (Fsp3) is 0.400. The summed E-state index contributed by atoms with van der Waals surface area (Å²) in [6.45, 7) is 1.33. The molecule has 1 rings (SSSR count). The molecular formula is C10H8F6S. The van der Waals surface area contributed by atoms with Crippen molar-refractivity contribution in [1.29, 1.82) is 0 Å². The zero-order valence-corrected chi connectivity index (χ0v) is 9.65. The highest BCUT2D eigenvalue weighted by Gasteiger charge is 2.44. The van der Waals surface area contributed by atoms with E-state index in [2.05, 4.69) is 0 Å². The summed E-state index contributed by atoms with van der Waals surface area (Å²) in [7, 11) is 0. The van der Waals surface area contributed by atoms with E-state index in [9.17, 15) is 26.3 Å². The van der Waals surface area contributed by atoms with Gasteiger partial charge in [-0.25, -0.2) is 0 Å². The standard InChI is InChI=1S/C10H8F6S/c1-5-3-6(9(11,12)13)8(10(14,15)16)7(4-5)17-2/h3-4H,1-2H3. The van der Waals surface area contributed by atoms with Crippen LogP contribution in [0.4, 0.5) is 26.3 Å². The summed E-state index contributed by atoms with van der Waals surface area (Å²) in [5, 5.41) is 0. The molecule has 0 unspecified atom stereocenters. The lowest BCUT2D eigenvalue weighted by molar-refractivity contribution is -0.163. The van der Waals surface area contributed by atoms with Crippen molar-refractivity contribution in [3.05, 3.63) is 28.8 Å². The monoisotopic (exact) mass is 274 g/mol. The first kappa shape index (κ1) is 14.2. The maximum atomic E-state index is 12.6. The molecule has 0 aliphatic rings. The molecule has 0 radical (unpaired) electrons. The Hall–Kier alpha value is -0.850. The summed E-state index contributed by atoms with van der Waals surface area (Å²) in [5.41, 5.74) is -3.09. The lowest BCUT2D eigenvalue weighted by Gasteiger charge is -2.19. The molecule has 96 valence electrons. The van der Waals surface area contributed by atoms with E-state index in [-0.39, 0.29) is 5.56 Å². The van der Waals surface area contributed by atoms with Gasteiger partial charge in [-0.15, -0.1) is 11.8 Å². The summed E-state index contributed by atoms with van der Waals surface area (Å²) in [5.74, 6) is 0. The van der Waals surface area contributed by atoms with Crippen LogP contribution in [0.3, 0.4) is 0 Å².